The summed E-state index contributed by atoms with van der Waals surface area (Å²) in [6.07, 6.45) is 0. The second-order valence-corrected chi connectivity index (χ2v) is 6.63. The molecule has 2 aromatic rings. The zero-order chi connectivity index (χ0) is 19.4. The van der Waals surface area contributed by atoms with Gasteiger partial charge in [0.1, 0.15) is 24.7 Å². The van der Waals surface area contributed by atoms with Crippen LogP contribution < -0.4 is 29.6 Å². The van der Waals surface area contributed by atoms with Gasteiger partial charge in [-0.3, -0.25) is 0 Å². The lowest BCUT2D eigenvalue weighted by atomic mass is 9.94. The number of benzene rings is 2. The van der Waals surface area contributed by atoms with Crippen LogP contribution in [0.5, 0.6) is 23.0 Å². The summed E-state index contributed by atoms with van der Waals surface area (Å²) in [6, 6.07) is 10.5. The molecule has 2 N–H and O–H groups in total. The Bertz CT molecular complexity index is 835. The third-order valence-corrected chi connectivity index (χ3v) is 4.34. The number of nitrogens with one attached hydrogen (secondary N) is 2. The van der Waals surface area contributed by atoms with Gasteiger partial charge in [-0.2, -0.15) is 0 Å². The van der Waals surface area contributed by atoms with Gasteiger partial charge in [0, 0.05) is 6.07 Å². The Kier molecular flexibility index (Phi) is 5.30. The number of methoxy groups -OCH3 is 2. The normalized spacial score (nSPS) is 12.9. The number of carbonyl (C=O) groups is 1. The summed E-state index contributed by atoms with van der Waals surface area (Å²) in [5.41, 5.74) is 0.790. The van der Waals surface area contributed by atoms with Crippen LogP contribution in [-0.4, -0.2) is 33.5 Å². The maximum Gasteiger partial charge on any atom is 0.320 e. The molecule has 0 aromatic heterocycles. The highest BCUT2D eigenvalue weighted by Crippen LogP contribution is 2.34. The highest BCUT2D eigenvalue weighted by atomic mass is 16.6. The lowest BCUT2D eigenvalue weighted by Crippen LogP contribution is -2.43. The Balaban J connectivity index is 1.75. The van der Waals surface area contributed by atoms with E-state index in [9.17, 15) is 4.79 Å². The van der Waals surface area contributed by atoms with Crippen molar-refractivity contribution in [2.24, 2.45) is 0 Å². The van der Waals surface area contributed by atoms with E-state index < -0.39 is 5.54 Å². The molecule has 144 valence electrons. The fourth-order valence-electron chi connectivity index (χ4n) is 2.85. The maximum atomic E-state index is 12.6. The number of hydrogen-bond donors (Lipinski definition) is 2. The summed E-state index contributed by atoms with van der Waals surface area (Å²) in [7, 11) is 3.11. The molecule has 0 spiro atoms. The van der Waals surface area contributed by atoms with Gasteiger partial charge in [0.25, 0.3) is 0 Å². The maximum absolute atomic E-state index is 12.6. The van der Waals surface area contributed by atoms with Gasteiger partial charge in [0.15, 0.2) is 11.5 Å². The van der Waals surface area contributed by atoms with E-state index in [1.165, 1.54) is 0 Å². The smallest absolute Gasteiger partial charge is 0.320 e. The van der Waals surface area contributed by atoms with Gasteiger partial charge in [0.2, 0.25) is 0 Å². The number of urea groups is 1. The molecule has 7 nitrogen and oxygen atoms in total. The Morgan fingerprint density at radius 3 is 2.44 bits per heavy atom. The van der Waals surface area contributed by atoms with Crippen LogP contribution in [0.2, 0.25) is 0 Å². The number of ether oxygens (including phenoxy) is 4. The van der Waals surface area contributed by atoms with Crippen LogP contribution in [0.1, 0.15) is 19.4 Å². The summed E-state index contributed by atoms with van der Waals surface area (Å²) in [6.45, 7) is 4.89. The lowest BCUT2D eigenvalue weighted by Gasteiger charge is -2.29. The third kappa shape index (κ3) is 4.19. The zero-order valence-corrected chi connectivity index (χ0v) is 15.9. The molecule has 0 bridgehead atoms. The first-order valence-electron chi connectivity index (χ1n) is 8.64. The number of fused-ring (bicyclic) bond motifs is 1. The molecule has 0 radical (unpaired) electrons. The topological polar surface area (TPSA) is 78.1 Å². The zero-order valence-electron chi connectivity index (χ0n) is 15.9. The van der Waals surface area contributed by atoms with Crippen LogP contribution in [0.3, 0.4) is 0 Å². The molecule has 2 amide bonds. The van der Waals surface area contributed by atoms with Crippen LogP contribution in [0, 0.1) is 0 Å². The monoisotopic (exact) mass is 372 g/mol. The first-order valence-corrected chi connectivity index (χ1v) is 8.64. The molecule has 1 heterocycles. The van der Waals surface area contributed by atoms with Crippen molar-refractivity contribution in [3.8, 4) is 23.0 Å². The van der Waals surface area contributed by atoms with E-state index >= 15 is 0 Å². The van der Waals surface area contributed by atoms with Crippen molar-refractivity contribution < 1.29 is 23.7 Å². The minimum Gasteiger partial charge on any atom is -0.497 e. The van der Waals surface area contributed by atoms with E-state index in [4.69, 9.17) is 18.9 Å². The molecule has 27 heavy (non-hydrogen) atoms. The van der Waals surface area contributed by atoms with Crippen molar-refractivity contribution >= 4 is 11.7 Å². The second kappa shape index (κ2) is 7.65. The van der Waals surface area contributed by atoms with Crippen LogP contribution >= 0.6 is 0 Å². The van der Waals surface area contributed by atoms with Crippen LogP contribution in [0.4, 0.5) is 10.5 Å². The third-order valence-electron chi connectivity index (χ3n) is 4.34. The predicted molar refractivity (Wildman–Crippen MR) is 102 cm³/mol. The molecule has 3 rings (SSSR count). The minimum atomic E-state index is -0.633. The Hall–Kier alpha value is -3.09. The highest BCUT2D eigenvalue weighted by molar-refractivity contribution is 5.91. The minimum absolute atomic E-state index is 0.360. The molecule has 0 saturated carbocycles. The van der Waals surface area contributed by atoms with Gasteiger partial charge < -0.3 is 29.6 Å². The van der Waals surface area contributed by atoms with Crippen molar-refractivity contribution in [1.29, 1.82) is 0 Å². The Labute approximate surface area is 158 Å². The summed E-state index contributed by atoms with van der Waals surface area (Å²) >= 11 is 0. The van der Waals surface area contributed by atoms with Gasteiger partial charge in [-0.1, -0.05) is 6.07 Å². The van der Waals surface area contributed by atoms with E-state index in [2.05, 4.69) is 10.6 Å². The average Bonchev–Trinajstić information content (AvgIpc) is 2.67. The molecule has 2 aromatic carbocycles. The van der Waals surface area contributed by atoms with Crippen LogP contribution in [0.15, 0.2) is 36.4 Å². The lowest BCUT2D eigenvalue weighted by molar-refractivity contribution is 0.171. The summed E-state index contributed by atoms with van der Waals surface area (Å²) in [5, 5.41) is 5.79. The molecule has 7 heteroatoms. The first kappa shape index (κ1) is 18.7. The Morgan fingerprint density at radius 2 is 1.74 bits per heavy atom. The van der Waals surface area contributed by atoms with Crippen molar-refractivity contribution in [1.82, 2.24) is 5.32 Å². The Morgan fingerprint density at radius 1 is 1.00 bits per heavy atom. The van der Waals surface area contributed by atoms with Crippen molar-refractivity contribution in [3.05, 3.63) is 42.0 Å². The standard InChI is InChI=1S/C20H24N2O5/c1-20(2,13-5-7-17-18(11-13)27-10-9-26-17)22-19(23)21-15-12-14(24-3)6-8-16(15)25-4/h5-8,11-12H,9-10H2,1-4H3,(H2,21,22,23). The first-order chi connectivity index (χ1) is 12.9. The number of anilines is 1. The predicted octanol–water partition coefficient (Wildman–Crippen LogP) is 3.53. The fraction of sp³-hybridized carbons (Fsp3) is 0.350. The van der Waals surface area contributed by atoms with Crippen LogP contribution in [0.25, 0.3) is 0 Å². The van der Waals surface area contributed by atoms with Crippen molar-refractivity contribution in [2.45, 2.75) is 19.4 Å². The molecule has 0 aliphatic carbocycles. The quantitative estimate of drug-likeness (QED) is 0.839. The molecule has 1 aliphatic rings. The molecule has 0 atom stereocenters. The van der Waals surface area contributed by atoms with Gasteiger partial charge in [-0.25, -0.2) is 4.79 Å². The van der Waals surface area contributed by atoms with Gasteiger partial charge in [-0.05, 0) is 43.7 Å². The number of amides is 2. The van der Waals surface area contributed by atoms with Gasteiger partial charge in [-0.15, -0.1) is 0 Å². The van der Waals surface area contributed by atoms with Gasteiger partial charge in [0.05, 0.1) is 25.4 Å². The molecule has 0 saturated heterocycles. The second-order valence-electron chi connectivity index (χ2n) is 6.63. The van der Waals surface area contributed by atoms with Gasteiger partial charge >= 0.3 is 6.03 Å². The van der Waals surface area contributed by atoms with E-state index in [-0.39, 0.29) is 6.03 Å². The summed E-state index contributed by atoms with van der Waals surface area (Å²) < 4.78 is 21.7. The van der Waals surface area contributed by atoms with Crippen LogP contribution in [-0.2, 0) is 5.54 Å². The van der Waals surface area contributed by atoms with Crippen molar-refractivity contribution in [3.63, 3.8) is 0 Å². The molecule has 0 fully saturated rings. The average molecular weight is 372 g/mol. The van der Waals surface area contributed by atoms with Crippen molar-refractivity contribution in [2.75, 3.05) is 32.8 Å². The SMILES string of the molecule is COc1ccc(OC)c(NC(=O)NC(C)(C)c2ccc3c(c2)OCCO3)c1. The molecular formula is C20H24N2O5. The number of hydrogen-bond acceptors (Lipinski definition) is 5. The fourth-order valence-corrected chi connectivity index (χ4v) is 2.85. The molecule has 1 aliphatic heterocycles. The van der Waals surface area contributed by atoms with E-state index in [1.54, 1.807) is 32.4 Å². The number of carbonyl (C=O) groups excluding carboxylic acids is 1. The summed E-state index contributed by atoms with van der Waals surface area (Å²) in [5.74, 6) is 2.56. The van der Waals surface area contributed by atoms with E-state index in [0.29, 0.717) is 41.9 Å². The van der Waals surface area contributed by atoms with E-state index in [0.717, 1.165) is 5.56 Å². The summed E-state index contributed by atoms with van der Waals surface area (Å²) in [4.78, 5) is 12.6. The largest absolute Gasteiger partial charge is 0.497 e. The molecule has 0 unspecified atom stereocenters. The highest BCUT2D eigenvalue weighted by Gasteiger charge is 2.25. The number of rotatable bonds is 5. The van der Waals surface area contributed by atoms with E-state index in [1.807, 2.05) is 32.0 Å². The molecular weight excluding hydrogens is 348 g/mol.